The Kier molecular flexibility index (Phi) is 2.42. The van der Waals surface area contributed by atoms with Gasteiger partial charge in [0.2, 0.25) is 0 Å². The van der Waals surface area contributed by atoms with E-state index in [-0.39, 0.29) is 0 Å². The molecule has 0 unspecified atom stereocenters. The highest BCUT2D eigenvalue weighted by Crippen LogP contribution is 2.29. The Bertz CT molecular complexity index is 729. The second-order valence-electron chi connectivity index (χ2n) is 4.73. The normalized spacial score (nSPS) is 16.3. The number of ether oxygens (including phenoxy) is 1. The van der Waals surface area contributed by atoms with Crippen LogP contribution in [0.25, 0.3) is 21.9 Å². The molecule has 1 fully saturated rings. The van der Waals surface area contributed by atoms with Crippen molar-refractivity contribution in [2.75, 3.05) is 31.2 Å². The van der Waals surface area contributed by atoms with Crippen molar-refractivity contribution in [2.45, 2.75) is 0 Å². The molecule has 2 heterocycles. The summed E-state index contributed by atoms with van der Waals surface area (Å²) in [6, 6.07) is 13.0. The standard InChI is InChI=1S/C15H14N2O2/c1-2-4-12-11(3-1)5-6-13-14(12)19-15(16-13)17-7-9-18-10-8-17/h1-6H,7-10H2. The van der Waals surface area contributed by atoms with E-state index in [4.69, 9.17) is 9.15 Å². The number of benzene rings is 2. The van der Waals surface area contributed by atoms with Crippen LogP contribution in [0, 0.1) is 0 Å². The minimum Gasteiger partial charge on any atom is -0.423 e. The first-order chi connectivity index (χ1) is 9.42. The number of nitrogens with zero attached hydrogens (tertiary/aromatic N) is 2. The van der Waals surface area contributed by atoms with Crippen molar-refractivity contribution >= 4 is 27.9 Å². The summed E-state index contributed by atoms with van der Waals surface area (Å²) in [6.07, 6.45) is 0. The number of fused-ring (bicyclic) bond motifs is 3. The van der Waals surface area contributed by atoms with Gasteiger partial charge in [0, 0.05) is 18.5 Å². The predicted octanol–water partition coefficient (Wildman–Crippen LogP) is 2.82. The number of hydrogen-bond donors (Lipinski definition) is 0. The van der Waals surface area contributed by atoms with Crippen LogP contribution in [0.4, 0.5) is 6.01 Å². The Hall–Kier alpha value is -2.07. The van der Waals surface area contributed by atoms with Crippen LogP contribution in [-0.2, 0) is 4.74 Å². The summed E-state index contributed by atoms with van der Waals surface area (Å²) in [6.45, 7) is 3.15. The summed E-state index contributed by atoms with van der Waals surface area (Å²) in [7, 11) is 0. The molecule has 0 N–H and O–H groups in total. The van der Waals surface area contributed by atoms with Gasteiger partial charge in [0.1, 0.15) is 5.52 Å². The fraction of sp³-hybridized carbons (Fsp3) is 0.267. The van der Waals surface area contributed by atoms with Crippen molar-refractivity contribution in [3.63, 3.8) is 0 Å². The van der Waals surface area contributed by atoms with E-state index < -0.39 is 0 Å². The zero-order valence-corrected chi connectivity index (χ0v) is 10.5. The Balaban J connectivity index is 1.88. The number of oxazole rings is 1. The molecule has 4 rings (SSSR count). The van der Waals surface area contributed by atoms with Gasteiger partial charge in [-0.15, -0.1) is 0 Å². The van der Waals surface area contributed by atoms with Crippen LogP contribution in [0.15, 0.2) is 40.8 Å². The van der Waals surface area contributed by atoms with E-state index in [0.717, 1.165) is 42.8 Å². The van der Waals surface area contributed by atoms with Gasteiger partial charge in [0.15, 0.2) is 5.58 Å². The molecule has 4 heteroatoms. The van der Waals surface area contributed by atoms with Gasteiger partial charge >= 0.3 is 0 Å². The van der Waals surface area contributed by atoms with Gasteiger partial charge in [-0.2, -0.15) is 4.98 Å². The van der Waals surface area contributed by atoms with Crippen molar-refractivity contribution in [1.82, 2.24) is 4.98 Å². The highest BCUT2D eigenvalue weighted by Gasteiger charge is 2.17. The summed E-state index contributed by atoms with van der Waals surface area (Å²) in [5.74, 6) is 0. The first kappa shape index (κ1) is 10.8. The van der Waals surface area contributed by atoms with Gasteiger partial charge in [-0.1, -0.05) is 30.3 Å². The van der Waals surface area contributed by atoms with E-state index in [2.05, 4.69) is 28.1 Å². The molecule has 3 aromatic rings. The molecule has 1 aliphatic heterocycles. The zero-order valence-electron chi connectivity index (χ0n) is 10.5. The highest BCUT2D eigenvalue weighted by atomic mass is 16.5. The lowest BCUT2D eigenvalue weighted by molar-refractivity contribution is 0.120. The summed E-state index contributed by atoms with van der Waals surface area (Å²) < 4.78 is 11.3. The van der Waals surface area contributed by atoms with Crippen molar-refractivity contribution in [3.05, 3.63) is 36.4 Å². The van der Waals surface area contributed by atoms with Crippen LogP contribution in [0.5, 0.6) is 0 Å². The molecule has 96 valence electrons. The molecule has 1 aliphatic rings. The molecule has 0 radical (unpaired) electrons. The predicted molar refractivity (Wildman–Crippen MR) is 74.5 cm³/mol. The number of aromatic nitrogens is 1. The minimum atomic E-state index is 0.703. The van der Waals surface area contributed by atoms with Crippen LogP contribution in [0.2, 0.25) is 0 Å². The Labute approximate surface area is 110 Å². The molecular weight excluding hydrogens is 240 g/mol. The molecule has 0 atom stereocenters. The van der Waals surface area contributed by atoms with Crippen molar-refractivity contribution in [2.24, 2.45) is 0 Å². The monoisotopic (exact) mass is 254 g/mol. The summed E-state index contributed by atoms with van der Waals surface area (Å²) in [4.78, 5) is 6.73. The quantitative estimate of drug-likeness (QED) is 0.669. The number of rotatable bonds is 1. The zero-order chi connectivity index (χ0) is 12.7. The summed E-state index contributed by atoms with van der Waals surface area (Å²) in [5.41, 5.74) is 1.79. The van der Waals surface area contributed by atoms with Gasteiger partial charge in [0.25, 0.3) is 6.01 Å². The van der Waals surface area contributed by atoms with Gasteiger partial charge in [-0.3, -0.25) is 0 Å². The molecular formula is C15H14N2O2. The second-order valence-corrected chi connectivity index (χ2v) is 4.73. The van der Waals surface area contributed by atoms with E-state index in [1.165, 1.54) is 5.39 Å². The molecule has 19 heavy (non-hydrogen) atoms. The smallest absolute Gasteiger partial charge is 0.298 e. The molecule has 0 saturated carbocycles. The average molecular weight is 254 g/mol. The van der Waals surface area contributed by atoms with Crippen molar-refractivity contribution in [3.8, 4) is 0 Å². The topological polar surface area (TPSA) is 38.5 Å². The molecule has 4 nitrogen and oxygen atoms in total. The Morgan fingerprint density at radius 1 is 1.00 bits per heavy atom. The third-order valence-corrected chi connectivity index (χ3v) is 3.55. The molecule has 0 bridgehead atoms. The first-order valence-electron chi connectivity index (χ1n) is 6.53. The van der Waals surface area contributed by atoms with Crippen LogP contribution >= 0.6 is 0 Å². The number of anilines is 1. The van der Waals surface area contributed by atoms with E-state index >= 15 is 0 Å². The summed E-state index contributed by atoms with van der Waals surface area (Å²) >= 11 is 0. The number of hydrogen-bond acceptors (Lipinski definition) is 4. The minimum absolute atomic E-state index is 0.703. The second kappa shape index (κ2) is 4.24. The highest BCUT2D eigenvalue weighted by molar-refractivity contribution is 6.03. The average Bonchev–Trinajstić information content (AvgIpc) is 2.93. The lowest BCUT2D eigenvalue weighted by Gasteiger charge is -2.24. The lowest BCUT2D eigenvalue weighted by atomic mass is 10.1. The van der Waals surface area contributed by atoms with Gasteiger partial charge < -0.3 is 14.1 Å². The van der Waals surface area contributed by atoms with Crippen LogP contribution in [0.3, 0.4) is 0 Å². The Morgan fingerprint density at radius 3 is 2.74 bits per heavy atom. The third kappa shape index (κ3) is 1.76. The fourth-order valence-corrected chi connectivity index (χ4v) is 2.53. The maximum absolute atomic E-state index is 5.98. The maximum Gasteiger partial charge on any atom is 0.298 e. The molecule has 0 aliphatic carbocycles. The maximum atomic E-state index is 5.98. The largest absolute Gasteiger partial charge is 0.423 e. The van der Waals surface area contributed by atoms with Gasteiger partial charge in [0.05, 0.1) is 13.2 Å². The molecule has 0 spiro atoms. The van der Waals surface area contributed by atoms with E-state index in [9.17, 15) is 0 Å². The summed E-state index contributed by atoms with van der Waals surface area (Å²) in [5, 5.41) is 2.30. The van der Waals surface area contributed by atoms with Gasteiger partial charge in [-0.25, -0.2) is 0 Å². The molecule has 2 aromatic carbocycles. The van der Waals surface area contributed by atoms with Crippen molar-refractivity contribution in [1.29, 1.82) is 0 Å². The van der Waals surface area contributed by atoms with Crippen LogP contribution in [0.1, 0.15) is 0 Å². The lowest BCUT2D eigenvalue weighted by Crippen LogP contribution is -2.36. The number of morpholine rings is 1. The van der Waals surface area contributed by atoms with E-state index in [1.54, 1.807) is 0 Å². The first-order valence-corrected chi connectivity index (χ1v) is 6.53. The molecule has 1 aromatic heterocycles. The third-order valence-electron chi connectivity index (χ3n) is 3.55. The van der Waals surface area contributed by atoms with Gasteiger partial charge in [-0.05, 0) is 11.5 Å². The van der Waals surface area contributed by atoms with Crippen LogP contribution in [-0.4, -0.2) is 31.3 Å². The van der Waals surface area contributed by atoms with E-state index in [0.29, 0.717) is 6.01 Å². The molecule has 1 saturated heterocycles. The SMILES string of the molecule is c1ccc2c(c1)ccc1nc(N3CCOCC3)oc12. The molecule has 0 amide bonds. The fourth-order valence-electron chi connectivity index (χ4n) is 2.53. The Morgan fingerprint density at radius 2 is 1.84 bits per heavy atom. The van der Waals surface area contributed by atoms with Crippen molar-refractivity contribution < 1.29 is 9.15 Å². The van der Waals surface area contributed by atoms with E-state index in [1.807, 2.05) is 18.2 Å². The van der Waals surface area contributed by atoms with Crippen LogP contribution < -0.4 is 4.90 Å².